The van der Waals surface area contributed by atoms with Crippen LogP contribution in [0.4, 0.5) is 14.9 Å². The molecule has 3 aliphatic rings. The van der Waals surface area contributed by atoms with Gasteiger partial charge in [-0.25, -0.2) is 9.18 Å². The summed E-state index contributed by atoms with van der Waals surface area (Å²) in [5.74, 6) is 0.830. The molecule has 2 aliphatic heterocycles. The van der Waals surface area contributed by atoms with Crippen molar-refractivity contribution in [1.29, 1.82) is 0 Å². The number of carbonyl (C=O) groups is 1. The zero-order valence-corrected chi connectivity index (χ0v) is 13.2. The third-order valence-electron chi connectivity index (χ3n) is 5.65. The Bertz CT molecular complexity index is 577. The van der Waals surface area contributed by atoms with Crippen molar-refractivity contribution in [3.05, 3.63) is 30.1 Å². The number of ether oxygens (including phenoxy) is 1. The summed E-state index contributed by atoms with van der Waals surface area (Å²) in [6.45, 7) is 2.37. The number of rotatable bonds is 2. The third-order valence-corrected chi connectivity index (χ3v) is 5.65. The van der Waals surface area contributed by atoms with E-state index in [0.29, 0.717) is 23.6 Å². The van der Waals surface area contributed by atoms with Gasteiger partial charge in [-0.15, -0.1) is 0 Å². The molecule has 124 valence electrons. The number of carbonyl (C=O) groups excluding carboxylic acids is 1. The van der Waals surface area contributed by atoms with Gasteiger partial charge in [-0.1, -0.05) is 6.42 Å². The number of anilines is 1. The smallest absolute Gasteiger partial charge is 0.411 e. The summed E-state index contributed by atoms with van der Waals surface area (Å²) in [4.78, 5) is 14.8. The minimum absolute atomic E-state index is 0.0218. The minimum atomic E-state index is -0.420. The summed E-state index contributed by atoms with van der Waals surface area (Å²) in [6, 6.07) is 6.35. The number of nitrogens with one attached hydrogen (secondary N) is 1. The van der Waals surface area contributed by atoms with Gasteiger partial charge in [-0.2, -0.15) is 0 Å². The molecule has 23 heavy (non-hydrogen) atoms. The normalized spacial score (nSPS) is 33.1. The predicted molar refractivity (Wildman–Crippen MR) is 85.7 cm³/mol. The van der Waals surface area contributed by atoms with Crippen molar-refractivity contribution in [3.8, 4) is 0 Å². The Hall–Kier alpha value is -1.62. The van der Waals surface area contributed by atoms with Crippen molar-refractivity contribution < 1.29 is 13.9 Å². The fourth-order valence-electron chi connectivity index (χ4n) is 4.70. The van der Waals surface area contributed by atoms with Gasteiger partial charge in [0.1, 0.15) is 11.9 Å². The van der Waals surface area contributed by atoms with Crippen molar-refractivity contribution in [2.45, 2.75) is 44.2 Å². The van der Waals surface area contributed by atoms with Crippen molar-refractivity contribution in [3.63, 3.8) is 0 Å². The SMILES string of the molecule is O=C(Nc1ccc(F)cc1)OC1CC2CC1[C@H]1CCCCN1C2. The zero-order valence-electron chi connectivity index (χ0n) is 13.2. The average molecular weight is 318 g/mol. The molecule has 4 atom stereocenters. The number of halogens is 1. The molecule has 2 heterocycles. The van der Waals surface area contributed by atoms with Gasteiger partial charge in [0.05, 0.1) is 0 Å². The first-order chi connectivity index (χ1) is 11.2. The molecule has 3 unspecified atom stereocenters. The van der Waals surface area contributed by atoms with Crippen LogP contribution in [0.1, 0.15) is 32.1 Å². The van der Waals surface area contributed by atoms with Crippen molar-refractivity contribution >= 4 is 11.8 Å². The van der Waals surface area contributed by atoms with Gasteiger partial charge in [-0.05, 0) is 62.4 Å². The first-order valence-corrected chi connectivity index (χ1v) is 8.66. The second-order valence-electron chi connectivity index (χ2n) is 7.14. The van der Waals surface area contributed by atoms with Crippen LogP contribution in [0.25, 0.3) is 0 Å². The second kappa shape index (κ2) is 6.11. The lowest BCUT2D eigenvalue weighted by molar-refractivity contribution is 0.0181. The summed E-state index contributed by atoms with van der Waals surface area (Å²) in [5.41, 5.74) is 0.566. The molecule has 2 bridgehead atoms. The quantitative estimate of drug-likeness (QED) is 0.905. The highest BCUT2D eigenvalue weighted by atomic mass is 19.1. The Morgan fingerprint density at radius 3 is 2.87 bits per heavy atom. The van der Waals surface area contributed by atoms with E-state index in [2.05, 4.69) is 10.2 Å². The summed E-state index contributed by atoms with van der Waals surface area (Å²) >= 11 is 0. The molecule has 1 amide bonds. The van der Waals surface area contributed by atoms with E-state index >= 15 is 0 Å². The van der Waals surface area contributed by atoms with Gasteiger partial charge < -0.3 is 4.74 Å². The Labute approximate surface area is 136 Å². The van der Waals surface area contributed by atoms with Gasteiger partial charge >= 0.3 is 6.09 Å². The predicted octanol–water partition coefficient (Wildman–Crippen LogP) is 3.64. The third kappa shape index (κ3) is 3.07. The topological polar surface area (TPSA) is 41.6 Å². The van der Waals surface area contributed by atoms with Crippen LogP contribution >= 0.6 is 0 Å². The number of benzene rings is 1. The Morgan fingerprint density at radius 1 is 1.22 bits per heavy atom. The summed E-state index contributed by atoms with van der Waals surface area (Å²) in [6.07, 6.45) is 5.59. The van der Waals surface area contributed by atoms with E-state index < -0.39 is 6.09 Å². The van der Waals surface area contributed by atoms with E-state index in [1.54, 1.807) is 12.1 Å². The van der Waals surface area contributed by atoms with E-state index in [1.807, 2.05) is 0 Å². The first kappa shape index (κ1) is 14.9. The number of hydrogen-bond donors (Lipinski definition) is 1. The maximum Gasteiger partial charge on any atom is 0.411 e. The van der Waals surface area contributed by atoms with Gasteiger partial charge in [0.2, 0.25) is 0 Å². The highest BCUT2D eigenvalue weighted by Gasteiger charge is 2.48. The number of piperidine rings is 2. The molecule has 0 aromatic heterocycles. The molecule has 4 rings (SSSR count). The van der Waals surface area contributed by atoms with Crippen LogP contribution in [0.3, 0.4) is 0 Å². The molecule has 1 N–H and O–H groups in total. The average Bonchev–Trinajstić information content (AvgIpc) is 2.86. The molecular formula is C18H23FN2O2. The number of fused-ring (bicyclic) bond motifs is 4. The van der Waals surface area contributed by atoms with Crippen LogP contribution in [-0.4, -0.2) is 36.2 Å². The van der Waals surface area contributed by atoms with Crippen molar-refractivity contribution in [1.82, 2.24) is 4.90 Å². The van der Waals surface area contributed by atoms with E-state index in [4.69, 9.17) is 4.74 Å². The standard InChI is InChI=1S/C18H23FN2O2/c19-13-4-6-14(7-5-13)20-18(22)23-17-10-12-9-15(17)16-3-1-2-8-21(16)11-12/h4-7,12,15-17H,1-3,8-11H2,(H,20,22)/t12?,15?,16-,17?/m1/s1. The Morgan fingerprint density at radius 2 is 2.04 bits per heavy atom. The summed E-state index contributed by atoms with van der Waals surface area (Å²) < 4.78 is 18.6. The van der Waals surface area contributed by atoms with E-state index in [-0.39, 0.29) is 11.9 Å². The lowest BCUT2D eigenvalue weighted by Gasteiger charge is -2.43. The molecule has 4 nitrogen and oxygen atoms in total. The van der Waals surface area contributed by atoms with Crippen LogP contribution in [-0.2, 0) is 4.74 Å². The van der Waals surface area contributed by atoms with Crippen molar-refractivity contribution in [2.24, 2.45) is 11.8 Å². The number of amides is 1. The molecule has 1 aromatic carbocycles. The van der Waals surface area contributed by atoms with Gasteiger partial charge in [0, 0.05) is 24.2 Å². The van der Waals surface area contributed by atoms with Gasteiger partial charge in [-0.3, -0.25) is 10.2 Å². The Balaban J connectivity index is 1.38. The molecule has 0 radical (unpaired) electrons. The first-order valence-electron chi connectivity index (χ1n) is 8.66. The van der Waals surface area contributed by atoms with E-state index in [1.165, 1.54) is 50.9 Å². The lowest BCUT2D eigenvalue weighted by Crippen LogP contribution is -2.49. The van der Waals surface area contributed by atoms with E-state index in [9.17, 15) is 9.18 Å². The molecule has 0 spiro atoms. The molecule has 2 saturated heterocycles. The summed E-state index contributed by atoms with van der Waals surface area (Å²) in [7, 11) is 0. The highest BCUT2D eigenvalue weighted by molar-refractivity contribution is 5.84. The van der Waals surface area contributed by atoms with Crippen LogP contribution in [0.5, 0.6) is 0 Å². The van der Waals surface area contributed by atoms with E-state index in [0.717, 1.165) is 6.42 Å². The summed E-state index contributed by atoms with van der Waals surface area (Å²) in [5, 5.41) is 2.71. The van der Waals surface area contributed by atoms with Crippen LogP contribution in [0.2, 0.25) is 0 Å². The number of nitrogens with zero attached hydrogens (tertiary/aromatic N) is 1. The zero-order chi connectivity index (χ0) is 15.8. The largest absolute Gasteiger partial charge is 0.446 e. The highest BCUT2D eigenvalue weighted by Crippen LogP contribution is 2.45. The van der Waals surface area contributed by atoms with Crippen LogP contribution in [0, 0.1) is 17.7 Å². The Kier molecular flexibility index (Phi) is 3.97. The monoisotopic (exact) mass is 318 g/mol. The van der Waals surface area contributed by atoms with Crippen LogP contribution in [0.15, 0.2) is 24.3 Å². The molecule has 1 saturated carbocycles. The lowest BCUT2D eigenvalue weighted by atomic mass is 9.84. The molecule has 1 aliphatic carbocycles. The maximum atomic E-state index is 12.9. The fourth-order valence-corrected chi connectivity index (χ4v) is 4.70. The molecule has 1 aromatic rings. The van der Waals surface area contributed by atoms with Crippen LogP contribution < -0.4 is 5.32 Å². The fraction of sp³-hybridized carbons (Fsp3) is 0.611. The van der Waals surface area contributed by atoms with Gasteiger partial charge in [0.25, 0.3) is 0 Å². The molecule has 3 fully saturated rings. The molecule has 5 heteroatoms. The maximum absolute atomic E-state index is 12.9. The minimum Gasteiger partial charge on any atom is -0.446 e. The molecular weight excluding hydrogens is 295 g/mol. The van der Waals surface area contributed by atoms with Crippen molar-refractivity contribution in [2.75, 3.05) is 18.4 Å². The number of hydrogen-bond acceptors (Lipinski definition) is 3. The van der Waals surface area contributed by atoms with Gasteiger partial charge in [0.15, 0.2) is 0 Å². The second-order valence-corrected chi connectivity index (χ2v) is 7.14.